The van der Waals surface area contributed by atoms with Gasteiger partial charge in [-0.2, -0.15) is 0 Å². The molecule has 0 bridgehead atoms. The van der Waals surface area contributed by atoms with Gasteiger partial charge in [0.1, 0.15) is 27.4 Å². The molecular formula is C23H24N6O3S. The average Bonchev–Trinajstić information content (AvgIpc) is 3.63. The molecule has 3 aromatic rings. The molecule has 0 amide bonds. The Kier molecular flexibility index (Phi) is 4.09. The molecule has 1 aliphatic heterocycles. The summed E-state index contributed by atoms with van der Waals surface area (Å²) in [6.07, 6.45) is 7.28. The van der Waals surface area contributed by atoms with Crippen LogP contribution in [0.4, 0.5) is 11.5 Å². The Morgan fingerprint density at radius 3 is 2.73 bits per heavy atom. The summed E-state index contributed by atoms with van der Waals surface area (Å²) in [6.45, 7) is 1.73. The van der Waals surface area contributed by atoms with Crippen molar-refractivity contribution in [1.29, 1.82) is 0 Å². The average molecular weight is 465 g/mol. The maximum Gasteiger partial charge on any atom is 0.165 e. The van der Waals surface area contributed by atoms with Crippen molar-refractivity contribution in [3.05, 3.63) is 48.0 Å². The van der Waals surface area contributed by atoms with Crippen LogP contribution in [-0.2, 0) is 21.8 Å². The van der Waals surface area contributed by atoms with Crippen molar-refractivity contribution in [2.45, 2.75) is 36.5 Å². The minimum atomic E-state index is -3.47. The monoisotopic (exact) mass is 464 g/mol. The number of fused-ring (bicyclic) bond motifs is 3. The number of hydrogen-bond acceptors (Lipinski definition) is 9. The number of nitrogens with zero attached hydrogens (tertiary/aromatic N) is 4. The fraction of sp³-hybridized carbons (Fsp3) is 0.391. The van der Waals surface area contributed by atoms with Crippen LogP contribution < -0.4 is 15.8 Å². The van der Waals surface area contributed by atoms with E-state index in [2.05, 4.69) is 20.3 Å². The molecule has 0 radical (unpaired) electrons. The summed E-state index contributed by atoms with van der Waals surface area (Å²) in [5.74, 6) is 1.49. The lowest BCUT2D eigenvalue weighted by Crippen LogP contribution is -2.61. The van der Waals surface area contributed by atoms with E-state index in [1.165, 1.54) is 0 Å². The van der Waals surface area contributed by atoms with E-state index < -0.39 is 20.1 Å². The van der Waals surface area contributed by atoms with Gasteiger partial charge in [0.25, 0.3) is 0 Å². The highest BCUT2D eigenvalue weighted by atomic mass is 32.2. The number of ether oxygens (including phenoxy) is 1. The lowest BCUT2D eigenvalue weighted by atomic mass is 9.74. The van der Waals surface area contributed by atoms with E-state index in [0.717, 1.165) is 29.5 Å². The first-order valence-corrected chi connectivity index (χ1v) is 12.5. The second-order valence-electron chi connectivity index (χ2n) is 9.30. The predicted octanol–water partition coefficient (Wildman–Crippen LogP) is 2.48. The number of aliphatic imine (C=N–C) groups is 1. The molecule has 170 valence electrons. The zero-order chi connectivity index (χ0) is 23.0. The third-order valence-electron chi connectivity index (χ3n) is 7.28. The van der Waals surface area contributed by atoms with E-state index in [4.69, 9.17) is 15.5 Å². The number of methoxy groups -OCH3 is 1. The van der Waals surface area contributed by atoms with Crippen molar-refractivity contribution in [3.8, 4) is 5.75 Å². The number of anilines is 2. The molecule has 3 aromatic heterocycles. The molecule has 1 spiro atoms. The summed E-state index contributed by atoms with van der Waals surface area (Å²) < 4.78 is 30.9. The van der Waals surface area contributed by atoms with E-state index in [1.807, 2.05) is 18.2 Å². The van der Waals surface area contributed by atoms with Gasteiger partial charge >= 0.3 is 0 Å². The third kappa shape index (κ3) is 2.86. The lowest BCUT2D eigenvalue weighted by Gasteiger charge is -2.46. The SMILES string of the molecule is COc1cnc2c(Nc3cnc4c(c3)[C@]3(C4)CS(=O)(=O)[C@@](C)(C4CC4)C(N)=N3)nccc2c1. The van der Waals surface area contributed by atoms with E-state index >= 15 is 0 Å². The first kappa shape index (κ1) is 20.3. The fourth-order valence-corrected chi connectivity index (χ4v) is 7.43. The third-order valence-corrected chi connectivity index (χ3v) is 9.97. The quantitative estimate of drug-likeness (QED) is 0.602. The normalized spacial score (nSPS) is 27.5. The van der Waals surface area contributed by atoms with Gasteiger partial charge in [-0.3, -0.25) is 9.98 Å². The molecule has 2 aliphatic carbocycles. The van der Waals surface area contributed by atoms with Gasteiger partial charge in [-0.15, -0.1) is 0 Å². The Hall–Kier alpha value is -3.27. The second kappa shape index (κ2) is 6.63. The molecule has 33 heavy (non-hydrogen) atoms. The number of rotatable bonds is 4. The van der Waals surface area contributed by atoms with Gasteiger partial charge in [-0.05, 0) is 43.9 Å². The largest absolute Gasteiger partial charge is 0.495 e. The number of aromatic nitrogens is 3. The number of hydrogen-bond donors (Lipinski definition) is 2. The summed E-state index contributed by atoms with van der Waals surface area (Å²) in [7, 11) is -1.87. The summed E-state index contributed by atoms with van der Waals surface area (Å²) in [6, 6.07) is 5.66. The Morgan fingerprint density at radius 1 is 1.18 bits per heavy atom. The number of sulfone groups is 1. The first-order valence-electron chi connectivity index (χ1n) is 10.9. The summed E-state index contributed by atoms with van der Waals surface area (Å²) in [5.41, 5.74) is 8.48. The molecule has 0 saturated heterocycles. The second-order valence-corrected chi connectivity index (χ2v) is 11.7. The Balaban J connectivity index is 1.37. The van der Waals surface area contributed by atoms with Crippen LogP contribution in [-0.4, -0.2) is 46.8 Å². The molecule has 10 heteroatoms. The van der Waals surface area contributed by atoms with E-state index in [9.17, 15) is 8.42 Å². The maximum atomic E-state index is 13.4. The molecule has 9 nitrogen and oxygen atoms in total. The minimum absolute atomic E-state index is 0.0420. The van der Waals surface area contributed by atoms with Crippen LogP contribution in [0.3, 0.4) is 0 Å². The Labute approximate surface area is 191 Å². The Bertz CT molecular complexity index is 1450. The van der Waals surface area contributed by atoms with E-state index in [0.29, 0.717) is 29.2 Å². The fourth-order valence-electron chi connectivity index (χ4n) is 5.07. The van der Waals surface area contributed by atoms with Crippen LogP contribution in [0.15, 0.2) is 41.8 Å². The van der Waals surface area contributed by atoms with Gasteiger partial charge in [0.2, 0.25) is 0 Å². The van der Waals surface area contributed by atoms with Crippen molar-refractivity contribution in [3.63, 3.8) is 0 Å². The molecule has 0 aromatic carbocycles. The molecule has 3 aliphatic rings. The van der Waals surface area contributed by atoms with Crippen molar-refractivity contribution in [2.24, 2.45) is 16.6 Å². The smallest absolute Gasteiger partial charge is 0.165 e. The van der Waals surface area contributed by atoms with Gasteiger partial charge in [0.15, 0.2) is 15.7 Å². The van der Waals surface area contributed by atoms with Crippen LogP contribution in [0.25, 0.3) is 10.9 Å². The van der Waals surface area contributed by atoms with Crippen molar-refractivity contribution < 1.29 is 13.2 Å². The van der Waals surface area contributed by atoms with Crippen LogP contribution in [0, 0.1) is 5.92 Å². The molecule has 6 rings (SSSR count). The van der Waals surface area contributed by atoms with Gasteiger partial charge in [0, 0.05) is 29.3 Å². The van der Waals surface area contributed by atoms with Crippen LogP contribution >= 0.6 is 0 Å². The standard InChI is InChI=1S/C23H24N6O3S/c1-22(14-3-4-14)21(24)29-23(12-33(22,30)31)9-18-17(23)8-15(10-26-18)28-20-19-13(5-6-25-20)7-16(32-2)11-27-19/h5-8,10-11,14H,3-4,9,12H2,1-2H3,(H2,24,29)(H,25,28)/t22-,23-/m0/s1. The molecule has 4 heterocycles. The number of nitrogens with two attached hydrogens (primary N) is 1. The zero-order valence-corrected chi connectivity index (χ0v) is 19.2. The number of pyridine rings is 3. The van der Waals surface area contributed by atoms with Crippen molar-refractivity contribution >= 4 is 38.1 Å². The van der Waals surface area contributed by atoms with Crippen LogP contribution in [0.5, 0.6) is 5.75 Å². The molecule has 1 saturated carbocycles. The van der Waals surface area contributed by atoms with Gasteiger partial charge in [-0.25, -0.2) is 18.4 Å². The highest BCUT2D eigenvalue weighted by Gasteiger charge is 2.61. The maximum absolute atomic E-state index is 13.4. The number of amidine groups is 1. The van der Waals surface area contributed by atoms with E-state index in [1.54, 1.807) is 32.6 Å². The highest BCUT2D eigenvalue weighted by Crippen LogP contribution is 2.53. The zero-order valence-electron chi connectivity index (χ0n) is 18.4. The minimum Gasteiger partial charge on any atom is -0.495 e. The molecule has 3 N–H and O–H groups in total. The highest BCUT2D eigenvalue weighted by molar-refractivity contribution is 7.93. The van der Waals surface area contributed by atoms with Crippen LogP contribution in [0.2, 0.25) is 0 Å². The topological polar surface area (TPSA) is 132 Å². The first-order chi connectivity index (χ1) is 15.8. The Morgan fingerprint density at radius 2 is 2.00 bits per heavy atom. The summed E-state index contributed by atoms with van der Waals surface area (Å²) in [4.78, 5) is 18.2. The molecule has 2 atom stereocenters. The molecular weight excluding hydrogens is 440 g/mol. The van der Waals surface area contributed by atoms with Gasteiger partial charge in [-0.1, -0.05) is 0 Å². The van der Waals surface area contributed by atoms with Crippen molar-refractivity contribution in [1.82, 2.24) is 15.0 Å². The molecule has 1 fully saturated rings. The number of nitrogens with one attached hydrogen (secondary N) is 1. The van der Waals surface area contributed by atoms with E-state index in [-0.39, 0.29) is 17.5 Å². The summed E-state index contributed by atoms with van der Waals surface area (Å²) in [5, 5.41) is 4.16. The summed E-state index contributed by atoms with van der Waals surface area (Å²) >= 11 is 0. The van der Waals surface area contributed by atoms with Gasteiger partial charge < -0.3 is 15.8 Å². The lowest BCUT2D eigenvalue weighted by molar-refractivity contribution is 0.397. The van der Waals surface area contributed by atoms with Crippen LogP contribution in [0.1, 0.15) is 31.0 Å². The van der Waals surface area contributed by atoms with Crippen molar-refractivity contribution in [2.75, 3.05) is 18.2 Å². The molecule has 0 unspecified atom stereocenters. The predicted molar refractivity (Wildman–Crippen MR) is 126 cm³/mol. The van der Waals surface area contributed by atoms with Gasteiger partial charge in [0.05, 0.1) is 30.9 Å².